The zero-order chi connectivity index (χ0) is 20.1. The smallest absolute Gasteiger partial charge is 0.257 e. The van der Waals surface area contributed by atoms with Crippen LogP contribution in [0.25, 0.3) is 0 Å². The van der Waals surface area contributed by atoms with E-state index in [0.717, 1.165) is 56.4 Å². The number of ether oxygens (including phenoxy) is 2. The van der Waals surface area contributed by atoms with Crippen LogP contribution in [0.5, 0.6) is 5.75 Å². The van der Waals surface area contributed by atoms with Crippen LogP contribution in [0.1, 0.15) is 48.7 Å². The van der Waals surface area contributed by atoms with Gasteiger partial charge in [0.1, 0.15) is 12.4 Å². The third-order valence-corrected chi connectivity index (χ3v) is 6.42. The van der Waals surface area contributed by atoms with Crippen molar-refractivity contribution < 1.29 is 14.3 Å². The third-order valence-electron chi connectivity index (χ3n) is 5.61. The number of amides is 1. The molecular formula is C22H29N3O3S. The first-order valence-corrected chi connectivity index (χ1v) is 11.4. The predicted molar refractivity (Wildman–Crippen MR) is 115 cm³/mol. The zero-order valence-corrected chi connectivity index (χ0v) is 17.7. The lowest BCUT2D eigenvalue weighted by Gasteiger charge is -2.29. The van der Waals surface area contributed by atoms with Crippen molar-refractivity contribution >= 4 is 22.4 Å². The van der Waals surface area contributed by atoms with E-state index in [1.54, 1.807) is 12.1 Å². The van der Waals surface area contributed by atoms with Gasteiger partial charge in [-0.3, -0.25) is 15.0 Å². The van der Waals surface area contributed by atoms with Crippen LogP contribution in [-0.4, -0.2) is 48.2 Å². The second kappa shape index (κ2) is 9.69. The lowest BCUT2D eigenvalue weighted by Crippen LogP contribution is -2.32. The van der Waals surface area contributed by atoms with Crippen molar-refractivity contribution in [2.24, 2.45) is 5.92 Å². The highest BCUT2D eigenvalue weighted by Gasteiger charge is 2.18. The Bertz CT molecular complexity index is 794. The van der Waals surface area contributed by atoms with Gasteiger partial charge >= 0.3 is 0 Å². The maximum Gasteiger partial charge on any atom is 0.257 e. The van der Waals surface area contributed by atoms with Crippen LogP contribution >= 0.6 is 11.3 Å². The van der Waals surface area contributed by atoms with Gasteiger partial charge in [-0.2, -0.15) is 0 Å². The maximum absolute atomic E-state index is 12.5. The molecule has 2 aromatic rings. The summed E-state index contributed by atoms with van der Waals surface area (Å²) in [5, 5.41) is 5.59. The van der Waals surface area contributed by atoms with Gasteiger partial charge in [-0.25, -0.2) is 4.98 Å². The Hall–Kier alpha value is -1.96. The summed E-state index contributed by atoms with van der Waals surface area (Å²) in [4.78, 5) is 19.5. The van der Waals surface area contributed by atoms with Crippen molar-refractivity contribution in [3.05, 3.63) is 40.9 Å². The number of likely N-dealkylation sites (tertiary alicyclic amines) is 1. The van der Waals surface area contributed by atoms with Crippen LogP contribution in [0.3, 0.4) is 0 Å². The number of hydrogen-bond acceptors (Lipinski definition) is 6. The molecule has 6 nitrogen and oxygen atoms in total. The molecule has 1 N–H and O–H groups in total. The topological polar surface area (TPSA) is 63.7 Å². The second-order valence-electron chi connectivity index (χ2n) is 8.03. The number of nitrogens with one attached hydrogen (secondary N) is 1. The van der Waals surface area contributed by atoms with Gasteiger partial charge in [-0.1, -0.05) is 6.92 Å². The van der Waals surface area contributed by atoms with Crippen LogP contribution in [0, 0.1) is 5.92 Å². The fourth-order valence-electron chi connectivity index (χ4n) is 3.72. The van der Waals surface area contributed by atoms with Gasteiger partial charge in [0.15, 0.2) is 5.13 Å². The third kappa shape index (κ3) is 5.78. The highest BCUT2D eigenvalue weighted by Crippen LogP contribution is 2.22. The van der Waals surface area contributed by atoms with Crippen molar-refractivity contribution in [1.29, 1.82) is 0 Å². The molecule has 0 saturated carbocycles. The molecule has 0 unspecified atom stereocenters. The number of carbonyl (C=O) groups excluding carboxylic acids is 1. The Labute approximate surface area is 176 Å². The molecule has 2 aliphatic rings. The summed E-state index contributed by atoms with van der Waals surface area (Å²) in [6.45, 7) is 6.81. The Morgan fingerprint density at radius 3 is 2.79 bits per heavy atom. The lowest BCUT2D eigenvalue weighted by atomic mass is 9.99. The maximum atomic E-state index is 12.5. The van der Waals surface area contributed by atoms with E-state index < -0.39 is 0 Å². The zero-order valence-electron chi connectivity index (χ0n) is 16.9. The van der Waals surface area contributed by atoms with E-state index in [9.17, 15) is 4.79 Å². The normalized spacial score (nSPS) is 20.7. The number of benzene rings is 1. The van der Waals surface area contributed by atoms with Crippen molar-refractivity contribution in [1.82, 2.24) is 9.88 Å². The molecule has 0 radical (unpaired) electrons. The van der Waals surface area contributed by atoms with Gasteiger partial charge < -0.3 is 9.47 Å². The van der Waals surface area contributed by atoms with Gasteiger partial charge in [0.2, 0.25) is 0 Å². The molecule has 1 aromatic heterocycles. The number of piperidine rings is 1. The molecule has 0 aliphatic carbocycles. The predicted octanol–water partition coefficient (Wildman–Crippen LogP) is 4.19. The molecule has 3 heterocycles. The molecule has 2 aliphatic heterocycles. The van der Waals surface area contributed by atoms with Crippen LogP contribution in [0.15, 0.2) is 29.6 Å². The van der Waals surface area contributed by atoms with Gasteiger partial charge in [-0.05, 0) is 69.0 Å². The molecule has 29 heavy (non-hydrogen) atoms. The standard InChI is InChI=1S/C22H29N3O3S/c1-16-8-10-25(11-9-16)13-18-15-29-22(23-18)24-21(26)17-4-6-19(7-5-17)28-14-20-3-2-12-27-20/h4-7,15-16,20H,2-3,8-14H2,1H3,(H,23,24,26)/t20-/m1/s1. The monoisotopic (exact) mass is 415 g/mol. The number of carbonyl (C=O) groups is 1. The highest BCUT2D eigenvalue weighted by atomic mass is 32.1. The SMILES string of the molecule is CC1CCN(Cc2csc(NC(=O)c3ccc(OC[C@H]4CCCO4)cc3)n2)CC1. The summed E-state index contributed by atoms with van der Waals surface area (Å²) in [5.74, 6) is 1.43. The minimum atomic E-state index is -0.150. The summed E-state index contributed by atoms with van der Waals surface area (Å²) < 4.78 is 11.3. The second-order valence-corrected chi connectivity index (χ2v) is 8.89. The summed E-state index contributed by atoms with van der Waals surface area (Å²) in [5.41, 5.74) is 1.62. The van der Waals surface area contributed by atoms with Crippen LogP contribution in [0.4, 0.5) is 5.13 Å². The Morgan fingerprint density at radius 1 is 1.28 bits per heavy atom. The summed E-state index contributed by atoms with van der Waals surface area (Å²) in [6.07, 6.45) is 4.84. The Kier molecular flexibility index (Phi) is 6.79. The quantitative estimate of drug-likeness (QED) is 0.735. The van der Waals surface area contributed by atoms with Gasteiger partial charge in [-0.15, -0.1) is 11.3 Å². The van der Waals surface area contributed by atoms with Gasteiger partial charge in [0.25, 0.3) is 5.91 Å². The number of rotatable bonds is 7. The van der Waals surface area contributed by atoms with E-state index in [2.05, 4.69) is 22.1 Å². The summed E-state index contributed by atoms with van der Waals surface area (Å²) in [7, 11) is 0. The van der Waals surface area contributed by atoms with Crippen molar-refractivity contribution in [3.63, 3.8) is 0 Å². The fourth-order valence-corrected chi connectivity index (χ4v) is 4.42. The highest BCUT2D eigenvalue weighted by molar-refractivity contribution is 7.13. The molecule has 156 valence electrons. The number of hydrogen-bond donors (Lipinski definition) is 1. The number of anilines is 1. The summed E-state index contributed by atoms with van der Waals surface area (Å²) in [6, 6.07) is 7.22. The molecule has 1 aromatic carbocycles. The molecule has 2 fully saturated rings. The fraction of sp³-hybridized carbons (Fsp3) is 0.545. The van der Waals surface area contributed by atoms with Gasteiger partial charge in [0, 0.05) is 24.1 Å². The van der Waals surface area contributed by atoms with Crippen LogP contribution in [-0.2, 0) is 11.3 Å². The number of thiazole rings is 1. The first-order chi connectivity index (χ1) is 14.2. The van der Waals surface area contributed by atoms with E-state index in [1.807, 2.05) is 17.5 Å². The largest absolute Gasteiger partial charge is 0.491 e. The lowest BCUT2D eigenvalue weighted by molar-refractivity contribution is 0.0679. The van der Waals surface area contributed by atoms with Crippen molar-refractivity contribution in [2.75, 3.05) is 31.6 Å². The minimum absolute atomic E-state index is 0.150. The van der Waals surface area contributed by atoms with Gasteiger partial charge in [0.05, 0.1) is 11.8 Å². The number of nitrogens with zero attached hydrogens (tertiary/aromatic N) is 2. The minimum Gasteiger partial charge on any atom is -0.491 e. The van der Waals surface area contributed by atoms with Crippen molar-refractivity contribution in [2.45, 2.75) is 45.3 Å². The average Bonchev–Trinajstić information content (AvgIpc) is 3.41. The van der Waals surface area contributed by atoms with Crippen LogP contribution in [0.2, 0.25) is 0 Å². The first kappa shape index (κ1) is 20.3. The van der Waals surface area contributed by atoms with E-state index in [1.165, 1.54) is 24.2 Å². The van der Waals surface area contributed by atoms with E-state index in [-0.39, 0.29) is 12.0 Å². The van der Waals surface area contributed by atoms with Crippen LogP contribution < -0.4 is 10.1 Å². The molecular weight excluding hydrogens is 386 g/mol. The molecule has 4 rings (SSSR count). The molecule has 7 heteroatoms. The molecule has 0 bridgehead atoms. The van der Waals surface area contributed by atoms with E-state index >= 15 is 0 Å². The first-order valence-electron chi connectivity index (χ1n) is 10.5. The molecule has 1 amide bonds. The summed E-state index contributed by atoms with van der Waals surface area (Å²) >= 11 is 1.48. The Balaban J connectivity index is 1.26. The molecule has 0 spiro atoms. The molecule has 2 saturated heterocycles. The van der Waals surface area contributed by atoms with Crippen molar-refractivity contribution in [3.8, 4) is 5.75 Å². The van der Waals surface area contributed by atoms with E-state index in [0.29, 0.717) is 17.3 Å². The Morgan fingerprint density at radius 2 is 2.07 bits per heavy atom. The van der Waals surface area contributed by atoms with E-state index in [4.69, 9.17) is 9.47 Å². The number of aromatic nitrogens is 1. The molecule has 1 atom stereocenters. The average molecular weight is 416 g/mol.